The summed E-state index contributed by atoms with van der Waals surface area (Å²) in [6, 6.07) is 6.40. The summed E-state index contributed by atoms with van der Waals surface area (Å²) in [5.74, 6) is -0.569. The van der Waals surface area contributed by atoms with Gasteiger partial charge in [0.15, 0.2) is 5.82 Å². The minimum Gasteiger partial charge on any atom is -0.461 e. The summed E-state index contributed by atoms with van der Waals surface area (Å²) in [6.45, 7) is 5.97. The summed E-state index contributed by atoms with van der Waals surface area (Å²) in [5.41, 5.74) is 6.34. The molecule has 0 bridgehead atoms. The van der Waals surface area contributed by atoms with E-state index in [0.29, 0.717) is 37.4 Å². The van der Waals surface area contributed by atoms with Crippen molar-refractivity contribution in [2.24, 2.45) is 5.41 Å². The number of nitrogens with one attached hydrogen (secondary N) is 1. The number of carbonyl (C=O) groups is 1. The number of nitrogen functional groups attached to an aromatic ring is 1. The number of ether oxygens (including phenoxy) is 1. The average Bonchev–Trinajstić information content (AvgIpc) is 3.60. The van der Waals surface area contributed by atoms with Crippen molar-refractivity contribution in [3.63, 3.8) is 0 Å². The highest BCUT2D eigenvalue weighted by Crippen LogP contribution is 2.48. The van der Waals surface area contributed by atoms with Crippen LogP contribution in [0.15, 0.2) is 18.2 Å². The fraction of sp³-hybridized carbons (Fsp3) is 0.486. The standard InChI is InChI=1S/C35H35ClF2N8O2S/c36-22-12-20-28(27(38)26(22)19-4-5-23(37)29-25(19)21(13-39)30(40)49-29)42-33(48-18-35-7-2-10-46(35)11-3-8-35)43-31(20)45-16-34(17-45)6-1-9-44(15-34)32(47)24-14-41-24/h4-5,12,24,41H,1-3,6-11,14-18,40H2. The second kappa shape index (κ2) is 11.3. The Morgan fingerprint density at radius 3 is 2.63 bits per heavy atom. The van der Waals surface area contributed by atoms with E-state index in [-0.39, 0.29) is 71.2 Å². The number of halogens is 3. The van der Waals surface area contributed by atoms with E-state index in [0.717, 1.165) is 76.0 Å². The Balaban J connectivity index is 1.13. The molecule has 5 fully saturated rings. The van der Waals surface area contributed by atoms with E-state index < -0.39 is 11.6 Å². The number of carbonyl (C=O) groups excluding carboxylic acids is 1. The summed E-state index contributed by atoms with van der Waals surface area (Å²) in [5, 5.41) is 13.9. The number of anilines is 2. The summed E-state index contributed by atoms with van der Waals surface area (Å²) >= 11 is 7.84. The Bertz CT molecular complexity index is 2080. The molecule has 254 valence electrons. The predicted octanol–water partition coefficient (Wildman–Crippen LogP) is 5.30. The highest BCUT2D eigenvalue weighted by molar-refractivity contribution is 7.23. The van der Waals surface area contributed by atoms with Gasteiger partial charge in [-0.05, 0) is 69.3 Å². The van der Waals surface area contributed by atoms with Crippen LogP contribution in [0, 0.1) is 28.4 Å². The molecule has 0 radical (unpaired) electrons. The van der Waals surface area contributed by atoms with Crippen molar-refractivity contribution in [1.82, 2.24) is 25.1 Å². The summed E-state index contributed by atoms with van der Waals surface area (Å²) < 4.78 is 38.5. The molecule has 2 aromatic carbocycles. The molecule has 5 saturated heterocycles. The smallest absolute Gasteiger partial charge is 0.319 e. The molecule has 14 heteroatoms. The largest absolute Gasteiger partial charge is 0.461 e. The first-order chi connectivity index (χ1) is 23.7. The second-order valence-electron chi connectivity index (χ2n) is 14.4. The molecule has 49 heavy (non-hydrogen) atoms. The molecule has 1 atom stereocenters. The number of nitrogens with two attached hydrogens (primary N) is 1. The Kier molecular flexibility index (Phi) is 7.22. The first-order valence-corrected chi connectivity index (χ1v) is 18.1. The molecule has 7 heterocycles. The first kappa shape index (κ1) is 31.2. The molecule has 0 aliphatic carbocycles. The van der Waals surface area contributed by atoms with Gasteiger partial charge in [-0.3, -0.25) is 9.69 Å². The van der Waals surface area contributed by atoms with Crippen molar-refractivity contribution in [1.29, 1.82) is 5.26 Å². The van der Waals surface area contributed by atoms with Gasteiger partial charge in [-0.15, -0.1) is 11.3 Å². The minimum atomic E-state index is -0.708. The van der Waals surface area contributed by atoms with Crippen LogP contribution in [-0.4, -0.2) is 89.7 Å². The van der Waals surface area contributed by atoms with Gasteiger partial charge in [0.25, 0.3) is 0 Å². The lowest BCUT2D eigenvalue weighted by atomic mass is 9.73. The van der Waals surface area contributed by atoms with Gasteiger partial charge in [0.1, 0.15) is 34.8 Å². The van der Waals surface area contributed by atoms with Crippen LogP contribution in [0.2, 0.25) is 5.02 Å². The predicted molar refractivity (Wildman–Crippen MR) is 185 cm³/mol. The van der Waals surface area contributed by atoms with E-state index in [9.17, 15) is 14.4 Å². The van der Waals surface area contributed by atoms with Crippen molar-refractivity contribution in [3.05, 3.63) is 40.4 Å². The number of piperidine rings is 1. The Morgan fingerprint density at radius 1 is 1.14 bits per heavy atom. The highest BCUT2D eigenvalue weighted by Gasteiger charge is 2.49. The number of hydrogen-bond acceptors (Lipinski definition) is 10. The Morgan fingerprint density at radius 2 is 1.90 bits per heavy atom. The van der Waals surface area contributed by atoms with Gasteiger partial charge in [-0.1, -0.05) is 17.7 Å². The van der Waals surface area contributed by atoms with Gasteiger partial charge in [0.2, 0.25) is 5.91 Å². The van der Waals surface area contributed by atoms with Crippen LogP contribution in [0.3, 0.4) is 0 Å². The van der Waals surface area contributed by atoms with Crippen molar-refractivity contribution in [2.45, 2.75) is 50.1 Å². The van der Waals surface area contributed by atoms with Gasteiger partial charge in [-0.25, -0.2) is 8.78 Å². The van der Waals surface area contributed by atoms with Crippen LogP contribution in [0.4, 0.5) is 19.6 Å². The zero-order valence-corrected chi connectivity index (χ0v) is 28.4. The second-order valence-corrected chi connectivity index (χ2v) is 15.9. The van der Waals surface area contributed by atoms with E-state index in [1.165, 1.54) is 12.1 Å². The molecule has 2 aromatic heterocycles. The monoisotopic (exact) mass is 704 g/mol. The van der Waals surface area contributed by atoms with E-state index in [4.69, 9.17) is 27.1 Å². The summed E-state index contributed by atoms with van der Waals surface area (Å²) in [4.78, 5) is 29.0. The number of aromatic nitrogens is 2. The molecule has 10 nitrogen and oxygen atoms in total. The molecule has 1 unspecified atom stereocenters. The van der Waals surface area contributed by atoms with Crippen LogP contribution in [-0.2, 0) is 4.79 Å². The van der Waals surface area contributed by atoms with Crippen LogP contribution in [0.5, 0.6) is 6.01 Å². The lowest BCUT2D eigenvalue weighted by Gasteiger charge is -2.55. The number of hydrogen-bond donors (Lipinski definition) is 2. The quantitative estimate of drug-likeness (QED) is 0.257. The number of rotatable bonds is 6. The minimum absolute atomic E-state index is 0.00983. The average molecular weight is 705 g/mol. The molecule has 5 aliphatic heterocycles. The third-order valence-electron chi connectivity index (χ3n) is 11.4. The molecule has 9 rings (SSSR count). The molecule has 1 spiro atoms. The Hall–Kier alpha value is -3.83. The van der Waals surface area contributed by atoms with Crippen LogP contribution < -0.4 is 20.7 Å². The molecule has 5 aliphatic rings. The van der Waals surface area contributed by atoms with Gasteiger partial charge < -0.3 is 25.6 Å². The van der Waals surface area contributed by atoms with E-state index >= 15 is 4.39 Å². The molecule has 3 N–H and O–H groups in total. The fourth-order valence-electron chi connectivity index (χ4n) is 8.90. The van der Waals surface area contributed by atoms with Gasteiger partial charge in [0.05, 0.1) is 26.9 Å². The number of fused-ring (bicyclic) bond motifs is 3. The van der Waals surface area contributed by atoms with Gasteiger partial charge in [0, 0.05) is 54.5 Å². The normalized spacial score (nSPS) is 22.4. The lowest BCUT2D eigenvalue weighted by molar-refractivity contribution is -0.134. The third-order valence-corrected chi connectivity index (χ3v) is 12.7. The van der Waals surface area contributed by atoms with Crippen LogP contribution >= 0.6 is 22.9 Å². The summed E-state index contributed by atoms with van der Waals surface area (Å²) in [7, 11) is 0. The first-order valence-electron chi connectivity index (χ1n) is 16.9. The maximum atomic E-state index is 17.0. The van der Waals surface area contributed by atoms with Crippen molar-refractivity contribution >= 4 is 60.7 Å². The number of thiophene rings is 1. The molecule has 4 aromatic rings. The van der Waals surface area contributed by atoms with Crippen molar-refractivity contribution in [3.8, 4) is 23.2 Å². The molecule has 0 saturated carbocycles. The van der Waals surface area contributed by atoms with Crippen molar-refractivity contribution < 1.29 is 18.3 Å². The van der Waals surface area contributed by atoms with E-state index in [2.05, 4.69) is 26.2 Å². The third kappa shape index (κ3) is 4.93. The number of likely N-dealkylation sites (tertiary alicyclic amines) is 1. The van der Waals surface area contributed by atoms with Gasteiger partial charge >= 0.3 is 6.01 Å². The van der Waals surface area contributed by atoms with E-state index in [1.54, 1.807) is 6.07 Å². The zero-order valence-electron chi connectivity index (χ0n) is 26.8. The maximum Gasteiger partial charge on any atom is 0.319 e. The number of benzene rings is 2. The number of amides is 1. The zero-order chi connectivity index (χ0) is 33.7. The Labute approximate surface area is 290 Å². The van der Waals surface area contributed by atoms with Crippen molar-refractivity contribution in [2.75, 3.05) is 63.1 Å². The molecular formula is C35H35ClF2N8O2S. The van der Waals surface area contributed by atoms with Crippen LogP contribution in [0.25, 0.3) is 32.1 Å². The SMILES string of the molecule is N#Cc1c(N)sc2c(F)ccc(-c3c(Cl)cc4c(N5CC6(CCCN(C(=O)C7CN7)C6)C5)nc(OCC56CCCN5CCC6)nc4c3F)c12. The maximum absolute atomic E-state index is 17.0. The van der Waals surface area contributed by atoms with Gasteiger partial charge in [-0.2, -0.15) is 15.2 Å². The number of nitrogens with zero attached hydrogens (tertiary/aromatic N) is 6. The fourth-order valence-corrected chi connectivity index (χ4v) is 10.1. The lowest BCUT2D eigenvalue weighted by Crippen LogP contribution is -2.64. The highest BCUT2D eigenvalue weighted by atomic mass is 35.5. The number of nitriles is 1. The molecular weight excluding hydrogens is 670 g/mol. The summed E-state index contributed by atoms with van der Waals surface area (Å²) in [6.07, 6.45) is 6.21. The van der Waals surface area contributed by atoms with E-state index in [1.807, 2.05) is 4.90 Å². The van der Waals surface area contributed by atoms with Crippen LogP contribution in [0.1, 0.15) is 44.1 Å². The molecule has 1 amide bonds. The topological polar surface area (TPSA) is 134 Å².